The van der Waals surface area contributed by atoms with E-state index in [9.17, 15) is 4.79 Å². The third kappa shape index (κ3) is 2.53. The first kappa shape index (κ1) is 11.2. The van der Waals surface area contributed by atoms with Crippen LogP contribution in [0.3, 0.4) is 0 Å². The van der Waals surface area contributed by atoms with Gasteiger partial charge in [0.25, 0.3) is 0 Å². The van der Waals surface area contributed by atoms with Crippen LogP contribution in [-0.4, -0.2) is 11.1 Å². The number of carbonyl (C=O) groups is 1. The Balaban J connectivity index is 3.23. The van der Waals surface area contributed by atoms with Crippen molar-refractivity contribution in [2.75, 3.05) is 5.33 Å². The maximum atomic E-state index is 11.4. The summed E-state index contributed by atoms with van der Waals surface area (Å²) in [6.07, 6.45) is 0. The molecule has 1 nitrogen and oxygen atoms in total. The Bertz CT molecular complexity index is 347. The van der Waals surface area contributed by atoms with Crippen molar-refractivity contribution < 1.29 is 4.79 Å². The Morgan fingerprint density at radius 2 is 2.00 bits per heavy atom. The molecule has 3 heteroatoms. The number of hydrogen-bond donors (Lipinski definition) is 0. The summed E-state index contributed by atoms with van der Waals surface area (Å²) in [6.45, 7) is 4.02. The molecular formula is C10H10BrIO. The summed E-state index contributed by atoms with van der Waals surface area (Å²) in [5, 5.41) is 0.396. The van der Waals surface area contributed by atoms with Gasteiger partial charge in [0, 0.05) is 9.13 Å². The summed E-state index contributed by atoms with van der Waals surface area (Å²) in [6, 6.07) is 4.01. The first-order valence-corrected chi connectivity index (χ1v) is 6.12. The third-order valence-electron chi connectivity index (χ3n) is 1.93. The van der Waals surface area contributed by atoms with Crippen molar-refractivity contribution in [1.82, 2.24) is 0 Å². The average Bonchev–Trinajstić information content (AvgIpc) is 2.10. The van der Waals surface area contributed by atoms with E-state index < -0.39 is 0 Å². The van der Waals surface area contributed by atoms with Crippen LogP contribution in [0.15, 0.2) is 12.1 Å². The second kappa shape index (κ2) is 4.55. The Morgan fingerprint density at radius 1 is 1.38 bits per heavy atom. The molecule has 0 N–H and O–H groups in total. The molecule has 0 aliphatic rings. The minimum absolute atomic E-state index is 0.149. The van der Waals surface area contributed by atoms with Crippen LogP contribution in [0.2, 0.25) is 0 Å². The van der Waals surface area contributed by atoms with Gasteiger partial charge in [0.2, 0.25) is 0 Å². The van der Waals surface area contributed by atoms with Crippen LogP contribution in [0, 0.1) is 17.4 Å². The fourth-order valence-corrected chi connectivity index (χ4v) is 1.97. The van der Waals surface area contributed by atoms with E-state index in [0.717, 1.165) is 14.7 Å². The van der Waals surface area contributed by atoms with Gasteiger partial charge >= 0.3 is 0 Å². The van der Waals surface area contributed by atoms with Gasteiger partial charge in [-0.15, -0.1) is 0 Å². The van der Waals surface area contributed by atoms with Gasteiger partial charge in [0.05, 0.1) is 5.33 Å². The van der Waals surface area contributed by atoms with Crippen LogP contribution in [0.25, 0.3) is 0 Å². The zero-order chi connectivity index (χ0) is 10.0. The largest absolute Gasteiger partial charge is 0.293 e. The Labute approximate surface area is 100 Å². The van der Waals surface area contributed by atoms with Crippen LogP contribution in [0.5, 0.6) is 0 Å². The molecule has 1 aromatic carbocycles. The van der Waals surface area contributed by atoms with Crippen molar-refractivity contribution in [3.8, 4) is 0 Å². The van der Waals surface area contributed by atoms with Crippen LogP contribution in [0.1, 0.15) is 21.5 Å². The minimum atomic E-state index is 0.149. The lowest BCUT2D eigenvalue weighted by Crippen LogP contribution is -2.03. The number of aryl methyl sites for hydroxylation is 2. The summed E-state index contributed by atoms with van der Waals surface area (Å²) in [5.74, 6) is 0.149. The highest BCUT2D eigenvalue weighted by atomic mass is 127. The van der Waals surface area contributed by atoms with Gasteiger partial charge in [-0.1, -0.05) is 22.0 Å². The van der Waals surface area contributed by atoms with Crippen LogP contribution in [0.4, 0.5) is 0 Å². The monoisotopic (exact) mass is 352 g/mol. The van der Waals surface area contributed by atoms with Gasteiger partial charge in [-0.25, -0.2) is 0 Å². The number of benzene rings is 1. The molecule has 0 fully saturated rings. The van der Waals surface area contributed by atoms with Crippen molar-refractivity contribution in [2.24, 2.45) is 0 Å². The van der Waals surface area contributed by atoms with Crippen molar-refractivity contribution >= 4 is 44.3 Å². The molecule has 0 aliphatic heterocycles. The Hall–Kier alpha value is 0.1000. The van der Waals surface area contributed by atoms with E-state index in [1.165, 1.54) is 5.56 Å². The average molecular weight is 353 g/mol. The zero-order valence-corrected chi connectivity index (χ0v) is 11.3. The molecular weight excluding hydrogens is 343 g/mol. The lowest BCUT2D eigenvalue weighted by atomic mass is 10.0. The number of alkyl halides is 1. The fraction of sp³-hybridized carbons (Fsp3) is 0.300. The van der Waals surface area contributed by atoms with Gasteiger partial charge < -0.3 is 0 Å². The highest BCUT2D eigenvalue weighted by Gasteiger charge is 2.09. The van der Waals surface area contributed by atoms with E-state index in [1.807, 2.05) is 13.0 Å². The molecule has 0 unspecified atom stereocenters. The van der Waals surface area contributed by atoms with E-state index in [0.29, 0.717) is 5.33 Å². The van der Waals surface area contributed by atoms with E-state index in [2.05, 4.69) is 51.5 Å². The first-order valence-electron chi connectivity index (χ1n) is 3.92. The molecule has 1 aromatic rings. The summed E-state index contributed by atoms with van der Waals surface area (Å²) in [7, 11) is 0. The molecule has 0 aliphatic carbocycles. The lowest BCUT2D eigenvalue weighted by Gasteiger charge is -2.06. The number of ketones is 1. The van der Waals surface area contributed by atoms with E-state index >= 15 is 0 Å². The van der Waals surface area contributed by atoms with Crippen molar-refractivity contribution in [3.63, 3.8) is 0 Å². The number of rotatable bonds is 2. The van der Waals surface area contributed by atoms with Crippen LogP contribution in [-0.2, 0) is 0 Å². The molecule has 0 aromatic heterocycles. The Morgan fingerprint density at radius 3 is 2.54 bits per heavy atom. The van der Waals surface area contributed by atoms with Crippen molar-refractivity contribution in [2.45, 2.75) is 13.8 Å². The van der Waals surface area contributed by atoms with Gasteiger partial charge in [-0.2, -0.15) is 0 Å². The zero-order valence-electron chi connectivity index (χ0n) is 7.53. The molecule has 70 valence electrons. The SMILES string of the molecule is Cc1cc(C)c(C(=O)CBr)cc1I. The molecule has 0 heterocycles. The molecule has 0 radical (unpaired) electrons. The molecule has 0 bridgehead atoms. The van der Waals surface area contributed by atoms with Crippen LogP contribution < -0.4 is 0 Å². The first-order chi connectivity index (χ1) is 6.06. The molecule has 0 saturated heterocycles. The standard InChI is InChI=1S/C10H10BrIO/c1-6-3-7(2)9(12)4-8(6)10(13)5-11/h3-4H,5H2,1-2H3. The molecule has 1 rings (SSSR count). The second-order valence-electron chi connectivity index (χ2n) is 2.97. The van der Waals surface area contributed by atoms with Crippen molar-refractivity contribution in [3.05, 3.63) is 32.4 Å². The predicted octanol–water partition coefficient (Wildman–Crippen LogP) is 3.49. The summed E-state index contributed by atoms with van der Waals surface area (Å²) in [5.41, 5.74) is 3.11. The minimum Gasteiger partial charge on any atom is -0.293 e. The highest BCUT2D eigenvalue weighted by molar-refractivity contribution is 14.1. The lowest BCUT2D eigenvalue weighted by molar-refractivity contribution is 0.102. The third-order valence-corrected chi connectivity index (χ3v) is 3.60. The van der Waals surface area contributed by atoms with E-state index in [4.69, 9.17) is 0 Å². The number of Topliss-reactive ketones (excluding diaryl/α,β-unsaturated/α-hetero) is 1. The maximum absolute atomic E-state index is 11.4. The van der Waals surface area contributed by atoms with E-state index in [1.54, 1.807) is 0 Å². The Kier molecular flexibility index (Phi) is 3.91. The van der Waals surface area contributed by atoms with Crippen molar-refractivity contribution in [1.29, 1.82) is 0 Å². The topological polar surface area (TPSA) is 17.1 Å². The molecule has 0 saturated carbocycles. The summed E-state index contributed by atoms with van der Waals surface area (Å²) < 4.78 is 1.15. The number of halogens is 2. The molecule has 0 spiro atoms. The van der Waals surface area contributed by atoms with E-state index in [-0.39, 0.29) is 5.78 Å². The number of hydrogen-bond acceptors (Lipinski definition) is 1. The van der Waals surface area contributed by atoms with Gasteiger partial charge in [-0.05, 0) is 53.6 Å². The molecule has 0 amide bonds. The van der Waals surface area contributed by atoms with Gasteiger partial charge in [-0.3, -0.25) is 4.79 Å². The number of carbonyl (C=O) groups excluding carboxylic acids is 1. The van der Waals surface area contributed by atoms with Gasteiger partial charge in [0.1, 0.15) is 0 Å². The normalized spacial score (nSPS) is 10.2. The quantitative estimate of drug-likeness (QED) is 0.452. The predicted molar refractivity (Wildman–Crippen MR) is 66.8 cm³/mol. The maximum Gasteiger partial charge on any atom is 0.173 e. The highest BCUT2D eigenvalue weighted by Crippen LogP contribution is 2.18. The molecule has 13 heavy (non-hydrogen) atoms. The van der Waals surface area contributed by atoms with Crippen LogP contribution >= 0.6 is 38.5 Å². The van der Waals surface area contributed by atoms with Gasteiger partial charge in [0.15, 0.2) is 5.78 Å². The second-order valence-corrected chi connectivity index (χ2v) is 4.70. The summed E-state index contributed by atoms with van der Waals surface area (Å²) >= 11 is 5.43. The fourth-order valence-electron chi connectivity index (χ4n) is 1.20. The smallest absolute Gasteiger partial charge is 0.173 e. The summed E-state index contributed by atoms with van der Waals surface area (Å²) in [4.78, 5) is 11.4. The molecule has 0 atom stereocenters.